The molecule has 1 atom stereocenters. The van der Waals surface area contributed by atoms with Crippen molar-refractivity contribution in [2.24, 2.45) is 0 Å². The Labute approximate surface area is 185 Å². The van der Waals surface area contributed by atoms with Crippen molar-refractivity contribution in [1.82, 2.24) is 25.5 Å². The van der Waals surface area contributed by atoms with Crippen LogP contribution in [0.3, 0.4) is 0 Å². The van der Waals surface area contributed by atoms with E-state index in [9.17, 15) is 14.4 Å². The lowest BCUT2D eigenvalue weighted by molar-refractivity contribution is -0.131. The number of benzene rings is 2. The molecular weight excluding hydrogens is 410 g/mol. The highest BCUT2D eigenvalue weighted by Crippen LogP contribution is 2.17. The van der Waals surface area contributed by atoms with E-state index >= 15 is 0 Å². The van der Waals surface area contributed by atoms with Gasteiger partial charge in [0, 0.05) is 13.0 Å². The number of methoxy groups -OCH3 is 1. The molecule has 1 aliphatic heterocycles. The van der Waals surface area contributed by atoms with Crippen molar-refractivity contribution in [3.05, 3.63) is 59.9 Å². The van der Waals surface area contributed by atoms with Crippen LogP contribution in [0.2, 0.25) is 0 Å². The van der Waals surface area contributed by atoms with Gasteiger partial charge in [0.1, 0.15) is 17.6 Å². The zero-order valence-electron chi connectivity index (χ0n) is 17.8. The Morgan fingerprint density at radius 1 is 1.16 bits per heavy atom. The molecule has 3 N–H and O–H groups in total. The Bertz CT molecular complexity index is 1090. The van der Waals surface area contributed by atoms with E-state index in [0.29, 0.717) is 25.1 Å². The van der Waals surface area contributed by atoms with Gasteiger partial charge in [-0.25, -0.2) is 9.78 Å². The first-order valence-corrected chi connectivity index (χ1v) is 10.5. The molecule has 166 valence electrons. The van der Waals surface area contributed by atoms with Crippen molar-refractivity contribution in [2.75, 3.05) is 13.7 Å². The van der Waals surface area contributed by atoms with Gasteiger partial charge in [0.25, 0.3) is 5.91 Å². The number of nitrogens with one attached hydrogen (secondary N) is 3. The van der Waals surface area contributed by atoms with Gasteiger partial charge < -0.3 is 20.4 Å². The number of amides is 4. The second-order valence-electron chi connectivity index (χ2n) is 7.63. The number of nitrogens with zero attached hydrogens (tertiary/aromatic N) is 2. The third kappa shape index (κ3) is 4.88. The standard InChI is InChI=1S/C23H25N5O4/c1-32-16-10-8-15(9-11-16)14-28-22(30)19(27-23(28)31)13-21(29)24-12-4-7-20-25-17-5-2-3-6-18(17)26-20/h2-3,5-6,8-11,19H,4,7,12-14H2,1H3,(H,24,29)(H,25,26)(H,27,31)/t19-/m0/s1. The first kappa shape index (κ1) is 21.4. The van der Waals surface area contributed by atoms with Crippen LogP contribution in [0.15, 0.2) is 48.5 Å². The van der Waals surface area contributed by atoms with Crippen molar-refractivity contribution in [3.63, 3.8) is 0 Å². The van der Waals surface area contributed by atoms with Crippen LogP contribution in [0.1, 0.15) is 24.2 Å². The van der Waals surface area contributed by atoms with E-state index in [1.165, 1.54) is 0 Å². The Balaban J connectivity index is 1.22. The number of imide groups is 1. The number of hydrogen-bond acceptors (Lipinski definition) is 5. The highest BCUT2D eigenvalue weighted by molar-refractivity contribution is 6.05. The lowest BCUT2D eigenvalue weighted by Crippen LogP contribution is -2.36. The lowest BCUT2D eigenvalue weighted by Gasteiger charge is -2.13. The summed E-state index contributed by atoms with van der Waals surface area (Å²) in [4.78, 5) is 46.0. The van der Waals surface area contributed by atoms with Crippen LogP contribution in [0.25, 0.3) is 11.0 Å². The average molecular weight is 435 g/mol. The number of aryl methyl sites for hydroxylation is 1. The zero-order chi connectivity index (χ0) is 22.5. The summed E-state index contributed by atoms with van der Waals surface area (Å²) in [7, 11) is 1.57. The first-order valence-electron chi connectivity index (χ1n) is 10.5. The third-order valence-corrected chi connectivity index (χ3v) is 5.35. The van der Waals surface area contributed by atoms with Crippen molar-refractivity contribution >= 4 is 28.9 Å². The number of para-hydroxylation sites is 2. The fourth-order valence-electron chi connectivity index (χ4n) is 3.64. The van der Waals surface area contributed by atoms with Crippen LogP contribution in [0.5, 0.6) is 5.75 Å². The van der Waals surface area contributed by atoms with Gasteiger partial charge in [0.2, 0.25) is 5.91 Å². The van der Waals surface area contributed by atoms with Gasteiger partial charge in [-0.05, 0) is 36.2 Å². The van der Waals surface area contributed by atoms with Crippen LogP contribution in [0, 0.1) is 0 Å². The molecular formula is C23H25N5O4. The Morgan fingerprint density at radius 2 is 1.94 bits per heavy atom. The molecule has 9 heteroatoms. The first-order chi connectivity index (χ1) is 15.5. The fourth-order valence-corrected chi connectivity index (χ4v) is 3.64. The summed E-state index contributed by atoms with van der Waals surface area (Å²) in [5.74, 6) is 0.886. The summed E-state index contributed by atoms with van der Waals surface area (Å²) >= 11 is 0. The average Bonchev–Trinajstić information content (AvgIpc) is 3.33. The molecule has 9 nitrogen and oxygen atoms in total. The topological polar surface area (TPSA) is 116 Å². The maximum absolute atomic E-state index is 12.6. The van der Waals surface area contributed by atoms with Crippen molar-refractivity contribution in [1.29, 1.82) is 0 Å². The lowest BCUT2D eigenvalue weighted by atomic mass is 10.1. The highest BCUT2D eigenvalue weighted by Gasteiger charge is 2.38. The summed E-state index contributed by atoms with van der Waals surface area (Å²) in [5.41, 5.74) is 2.70. The zero-order valence-corrected chi connectivity index (χ0v) is 17.8. The molecule has 32 heavy (non-hydrogen) atoms. The van der Waals surface area contributed by atoms with Gasteiger partial charge in [0.15, 0.2) is 0 Å². The molecule has 0 radical (unpaired) electrons. The Kier molecular flexibility index (Phi) is 6.34. The number of aromatic amines is 1. The van der Waals surface area contributed by atoms with Gasteiger partial charge in [0.05, 0.1) is 31.1 Å². The second-order valence-corrected chi connectivity index (χ2v) is 7.63. The molecule has 2 heterocycles. The molecule has 1 fully saturated rings. The molecule has 1 saturated heterocycles. The van der Waals surface area contributed by atoms with E-state index in [-0.39, 0.29) is 18.9 Å². The number of hydrogen-bond donors (Lipinski definition) is 3. The normalized spacial score (nSPS) is 15.8. The van der Waals surface area contributed by atoms with Crippen LogP contribution in [-0.2, 0) is 22.6 Å². The summed E-state index contributed by atoms with van der Waals surface area (Å²) in [6.45, 7) is 0.602. The minimum absolute atomic E-state index is 0.0890. The van der Waals surface area contributed by atoms with Crippen LogP contribution in [-0.4, -0.2) is 52.4 Å². The van der Waals surface area contributed by atoms with Crippen LogP contribution in [0.4, 0.5) is 4.79 Å². The number of carbonyl (C=O) groups excluding carboxylic acids is 3. The number of fused-ring (bicyclic) bond motifs is 1. The Hall–Kier alpha value is -3.88. The molecule has 0 aliphatic carbocycles. The number of H-pyrrole nitrogens is 1. The number of imidazole rings is 1. The minimum Gasteiger partial charge on any atom is -0.497 e. The number of rotatable bonds is 9. The predicted molar refractivity (Wildman–Crippen MR) is 118 cm³/mol. The van der Waals surface area contributed by atoms with Gasteiger partial charge in [-0.3, -0.25) is 14.5 Å². The SMILES string of the molecule is COc1ccc(CN2C(=O)N[C@@H](CC(=O)NCCCc3nc4ccccc4[nH]3)C2=O)cc1. The predicted octanol–water partition coefficient (Wildman–Crippen LogP) is 2.13. The Morgan fingerprint density at radius 3 is 2.69 bits per heavy atom. The number of carbonyl (C=O) groups is 3. The van der Waals surface area contributed by atoms with E-state index in [4.69, 9.17) is 4.74 Å². The van der Waals surface area contributed by atoms with Gasteiger partial charge in [-0.1, -0.05) is 24.3 Å². The van der Waals surface area contributed by atoms with Crippen molar-refractivity contribution in [2.45, 2.75) is 31.8 Å². The minimum atomic E-state index is -0.851. The summed E-state index contributed by atoms with van der Waals surface area (Å²) in [6, 6.07) is 13.6. The molecule has 0 saturated carbocycles. The monoisotopic (exact) mass is 435 g/mol. The maximum atomic E-state index is 12.6. The molecule has 4 rings (SSSR count). The number of ether oxygens (including phenoxy) is 1. The molecule has 2 aromatic carbocycles. The molecule has 0 spiro atoms. The summed E-state index contributed by atoms with van der Waals surface area (Å²) < 4.78 is 5.11. The molecule has 1 aromatic heterocycles. The quantitative estimate of drug-likeness (QED) is 0.352. The third-order valence-electron chi connectivity index (χ3n) is 5.35. The largest absolute Gasteiger partial charge is 0.497 e. The number of urea groups is 1. The molecule has 0 unspecified atom stereocenters. The van der Waals surface area contributed by atoms with E-state index in [0.717, 1.165) is 27.3 Å². The molecule has 1 aliphatic rings. The van der Waals surface area contributed by atoms with Crippen molar-refractivity contribution in [3.8, 4) is 5.75 Å². The maximum Gasteiger partial charge on any atom is 0.325 e. The van der Waals surface area contributed by atoms with E-state index < -0.39 is 18.0 Å². The van der Waals surface area contributed by atoms with Crippen molar-refractivity contribution < 1.29 is 19.1 Å². The number of aromatic nitrogens is 2. The molecule has 0 bridgehead atoms. The van der Waals surface area contributed by atoms with Gasteiger partial charge >= 0.3 is 6.03 Å². The van der Waals surface area contributed by atoms with Crippen LogP contribution >= 0.6 is 0 Å². The van der Waals surface area contributed by atoms with E-state index in [2.05, 4.69) is 20.6 Å². The van der Waals surface area contributed by atoms with E-state index in [1.807, 2.05) is 24.3 Å². The van der Waals surface area contributed by atoms with Gasteiger partial charge in [-0.2, -0.15) is 0 Å². The van der Waals surface area contributed by atoms with Gasteiger partial charge in [-0.15, -0.1) is 0 Å². The van der Waals surface area contributed by atoms with Crippen LogP contribution < -0.4 is 15.4 Å². The summed E-state index contributed by atoms with van der Waals surface area (Å²) in [5, 5.41) is 5.41. The van der Waals surface area contributed by atoms with E-state index in [1.54, 1.807) is 31.4 Å². The highest BCUT2D eigenvalue weighted by atomic mass is 16.5. The smallest absolute Gasteiger partial charge is 0.325 e. The molecule has 3 aromatic rings. The molecule has 4 amide bonds. The fraction of sp³-hybridized carbons (Fsp3) is 0.304. The second kappa shape index (κ2) is 9.51. The summed E-state index contributed by atoms with van der Waals surface area (Å²) in [6.07, 6.45) is 1.32.